The second-order valence-corrected chi connectivity index (χ2v) is 29.4. The molecule has 0 radical (unpaired) electrons. The molecule has 0 spiro atoms. The van der Waals surface area contributed by atoms with Gasteiger partial charge in [-0.05, 0) is 213 Å². The van der Waals surface area contributed by atoms with Crippen molar-refractivity contribution >= 4 is 244 Å². The van der Waals surface area contributed by atoms with Crippen LogP contribution in [0.2, 0.25) is 0 Å². The van der Waals surface area contributed by atoms with Crippen LogP contribution in [-0.4, -0.2) is 107 Å². The van der Waals surface area contributed by atoms with Crippen LogP contribution >= 0.6 is 0 Å². The van der Waals surface area contributed by atoms with Gasteiger partial charge in [0.15, 0.2) is 0 Å². The highest BCUT2D eigenvalue weighted by Crippen LogP contribution is 2.51. The van der Waals surface area contributed by atoms with Crippen molar-refractivity contribution in [1.82, 2.24) is 14.7 Å². The number of esters is 6. The fourth-order valence-electron chi connectivity index (χ4n) is 19.3. The zero-order valence-corrected chi connectivity index (χ0v) is 59.2. The van der Waals surface area contributed by atoms with Crippen LogP contribution in [0.15, 0.2) is 218 Å². The molecule has 0 aliphatic carbocycles. The molecule has 20 aromatic rings. The summed E-state index contributed by atoms with van der Waals surface area (Å²) in [6, 6.07) is 68.9. The molecule has 0 fully saturated rings. The number of hydrogen-bond donors (Lipinski definition) is 0. The third-order valence-corrected chi connectivity index (χ3v) is 24.2. The number of carbonyl (C=O) groups excluding carboxylic acids is 12. The highest BCUT2D eigenvalue weighted by atomic mass is 16.6. The van der Waals surface area contributed by atoms with E-state index < -0.39 is 35.8 Å². The third-order valence-electron chi connectivity index (χ3n) is 24.2. The van der Waals surface area contributed by atoms with E-state index in [1.54, 1.807) is 67.7 Å². The number of ether oxygens (including phenoxy) is 3. The Morgan fingerprint density at radius 2 is 0.301 bits per heavy atom. The van der Waals surface area contributed by atoms with Crippen molar-refractivity contribution in [2.24, 2.45) is 0 Å². The number of nitrogens with zero attached hydrogens (tertiary/aromatic N) is 3. The first-order chi connectivity index (χ1) is 54.8. The lowest BCUT2D eigenvalue weighted by Gasteiger charge is -2.27. The van der Waals surface area contributed by atoms with Crippen LogP contribution in [0.3, 0.4) is 0 Å². The van der Waals surface area contributed by atoms with Crippen LogP contribution in [0.25, 0.3) is 172 Å². The van der Waals surface area contributed by atoms with Crippen LogP contribution in [0.1, 0.15) is 124 Å². The van der Waals surface area contributed by atoms with E-state index in [0.717, 1.165) is 134 Å². The summed E-state index contributed by atoms with van der Waals surface area (Å²) in [6.07, 6.45) is 0. The molecule has 0 saturated carbocycles. The molecule has 0 bridgehead atoms. The Bertz CT molecular complexity index is 7540. The Labute approximate surface area is 632 Å². The minimum absolute atomic E-state index is 0.233. The molecular formula is C95H45N3O15. The fraction of sp³-hybridized carbons (Fsp3) is 0.0316. The van der Waals surface area contributed by atoms with Gasteiger partial charge in [-0.1, -0.05) is 146 Å². The largest absolute Gasteiger partial charge is 0.386 e. The highest BCUT2D eigenvalue weighted by molar-refractivity contribution is 6.45. The number of cyclic esters (lactones) is 6. The minimum Gasteiger partial charge on any atom is -0.386 e. The molecule has 18 heteroatoms. The molecule has 0 unspecified atom stereocenters. The van der Waals surface area contributed by atoms with Crippen molar-refractivity contribution < 1.29 is 71.7 Å². The van der Waals surface area contributed by atoms with E-state index >= 15 is 0 Å². The molecule has 20 aromatic carbocycles. The van der Waals surface area contributed by atoms with E-state index in [9.17, 15) is 57.5 Å². The summed E-state index contributed by atoms with van der Waals surface area (Å²) in [5.41, 5.74) is 5.53. The van der Waals surface area contributed by atoms with Gasteiger partial charge in [-0.2, -0.15) is 0 Å². The Hall–Kier alpha value is -15.6. The molecule has 0 aromatic heterocycles. The van der Waals surface area contributed by atoms with E-state index in [-0.39, 0.29) is 35.4 Å². The molecule has 113 heavy (non-hydrogen) atoms. The molecule has 530 valence electrons. The van der Waals surface area contributed by atoms with Gasteiger partial charge in [-0.3, -0.25) is 43.5 Å². The maximum absolute atomic E-state index is 12.8. The van der Waals surface area contributed by atoms with Crippen LogP contribution in [-0.2, 0) is 14.2 Å². The average Bonchev–Trinajstić information content (AvgIpc) is 0.694. The van der Waals surface area contributed by atoms with Gasteiger partial charge in [0, 0.05) is 86.8 Å². The SMILES string of the molecule is CN1C(=O)c2ccc3c4ccc5c6c(ccc(c7ccc(c2c37)C1=O)c64)C(=O)N(C)C5=O.CN1C(=O)c2ccc3c4cccc5cccc(c6ccc(c2c36)C1=O)c54.O=C1OC(=O)c2ccc3c4ccc5c6c(ccc(c7ccc1c2c73)c64)C(=O)OC5=O.O=C1OC(=O)c2ccc3c4cccc5cccc(c6ccc1c2c63)c54. The number of amides is 6. The zero-order valence-electron chi connectivity index (χ0n) is 59.2. The Balaban J connectivity index is 0.0000000900. The summed E-state index contributed by atoms with van der Waals surface area (Å²) in [6.45, 7) is 0. The number of hydrogen-bond acceptors (Lipinski definition) is 15. The number of rotatable bonds is 0. The molecule has 26 rings (SSSR count). The topological polar surface area (TPSA) is 242 Å². The molecule has 0 N–H and O–H groups in total. The summed E-state index contributed by atoms with van der Waals surface area (Å²) < 4.78 is 14.6. The molecular weight excluding hydrogens is 1420 g/mol. The maximum Gasteiger partial charge on any atom is 0.346 e. The van der Waals surface area contributed by atoms with Gasteiger partial charge in [0.1, 0.15) is 0 Å². The lowest BCUT2D eigenvalue weighted by molar-refractivity contribution is 0.0373. The predicted molar refractivity (Wildman–Crippen MR) is 429 cm³/mol. The van der Waals surface area contributed by atoms with Crippen molar-refractivity contribution in [2.75, 3.05) is 21.1 Å². The van der Waals surface area contributed by atoms with E-state index in [4.69, 9.17) is 14.2 Å². The van der Waals surface area contributed by atoms with Crippen LogP contribution < -0.4 is 0 Å². The molecule has 18 nitrogen and oxygen atoms in total. The van der Waals surface area contributed by atoms with Gasteiger partial charge < -0.3 is 14.2 Å². The second kappa shape index (κ2) is 21.9. The van der Waals surface area contributed by atoms with Crippen molar-refractivity contribution in [3.05, 3.63) is 285 Å². The van der Waals surface area contributed by atoms with Crippen molar-refractivity contribution in [2.45, 2.75) is 0 Å². The summed E-state index contributed by atoms with van der Waals surface area (Å²) in [5, 5.41) is 29.8. The van der Waals surface area contributed by atoms with E-state index in [0.29, 0.717) is 93.7 Å². The van der Waals surface area contributed by atoms with Gasteiger partial charge in [-0.15, -0.1) is 0 Å². The number of fused-ring (bicyclic) bond motifs is 8. The first kappa shape index (κ1) is 63.5. The lowest BCUT2D eigenvalue weighted by atomic mass is 9.82. The van der Waals surface area contributed by atoms with Gasteiger partial charge in [0.2, 0.25) is 0 Å². The second-order valence-electron chi connectivity index (χ2n) is 29.4. The normalized spacial score (nSPS) is 15.1. The van der Waals surface area contributed by atoms with Crippen molar-refractivity contribution in [3.8, 4) is 0 Å². The lowest BCUT2D eigenvalue weighted by Crippen LogP contribution is -2.37. The van der Waals surface area contributed by atoms with Crippen molar-refractivity contribution in [3.63, 3.8) is 0 Å². The summed E-state index contributed by atoms with van der Waals surface area (Å²) in [4.78, 5) is 154. The van der Waals surface area contributed by atoms with Gasteiger partial charge in [0.05, 0.1) is 33.4 Å². The van der Waals surface area contributed by atoms with E-state index in [2.05, 4.69) is 60.7 Å². The monoisotopic (exact) mass is 1470 g/mol. The van der Waals surface area contributed by atoms with E-state index in [1.807, 2.05) is 97.1 Å². The summed E-state index contributed by atoms with van der Waals surface area (Å²) in [7, 11) is 4.54. The standard InChI is InChI=1S/C26H14N2O4.C24H8O6.C23H13NO2.C22H10O3/c1-27-23(29)15-7-3-11-13-5-9-17-22-18(26(32)28(2)25(17)31)10-6-14(20(13)22)12-4-8-16(24(27)30)21(15)19(11)12;25-21-13-5-1-9-10-2-6-15-20-16(24(28)30-23(15)27)8-4-12(18(10)20)11-3-7-14(22(26)29-21)19(13)17(9)11;1-24-22(25)17-10-8-15-13-6-2-4-12-5-3-7-14(19(12)13)16-9-11-18(23(24)26)21(17)20(15)16;23-21-16-9-7-14-12-5-1-3-11-4-2-6-13(18(11)12)15-8-10-17(22(24)25-21)20(16)19(14)15/h3-10H,1-2H3;1-8H;2-11H,1H3;1-10H. The summed E-state index contributed by atoms with van der Waals surface area (Å²) in [5.74, 6) is -5.55. The van der Waals surface area contributed by atoms with Crippen LogP contribution in [0.4, 0.5) is 0 Å². The first-order valence-corrected chi connectivity index (χ1v) is 36.3. The molecule has 0 saturated heterocycles. The molecule has 6 heterocycles. The maximum atomic E-state index is 12.8. The zero-order chi connectivity index (χ0) is 76.6. The van der Waals surface area contributed by atoms with Crippen molar-refractivity contribution in [1.29, 1.82) is 0 Å². The minimum atomic E-state index is -0.666. The van der Waals surface area contributed by atoms with Gasteiger partial charge >= 0.3 is 35.8 Å². The average molecular weight is 1470 g/mol. The number of carbonyl (C=O) groups is 12. The van der Waals surface area contributed by atoms with Gasteiger partial charge in [-0.25, -0.2) is 28.8 Å². The molecule has 6 amide bonds. The van der Waals surface area contributed by atoms with Crippen LogP contribution in [0, 0.1) is 0 Å². The molecule has 0 atom stereocenters. The predicted octanol–water partition coefficient (Wildman–Crippen LogP) is 18.6. The third kappa shape index (κ3) is 7.97. The first-order valence-electron chi connectivity index (χ1n) is 36.3. The smallest absolute Gasteiger partial charge is 0.346 e. The number of imide groups is 3. The Kier molecular flexibility index (Phi) is 12.3. The van der Waals surface area contributed by atoms with Gasteiger partial charge in [0.25, 0.3) is 35.4 Å². The highest BCUT2D eigenvalue weighted by Gasteiger charge is 2.39. The van der Waals surface area contributed by atoms with Crippen LogP contribution in [0.5, 0.6) is 0 Å². The quantitative estimate of drug-likeness (QED) is 0.0342. The summed E-state index contributed by atoms with van der Waals surface area (Å²) >= 11 is 0. The van der Waals surface area contributed by atoms with E-state index in [1.165, 1.54) is 40.5 Å². The molecule has 6 aliphatic rings. The fourth-order valence-corrected chi connectivity index (χ4v) is 19.3. The number of benzene rings is 20. The molecule has 6 aliphatic heterocycles. The Morgan fingerprint density at radius 3 is 0.469 bits per heavy atom. The Morgan fingerprint density at radius 1 is 0.159 bits per heavy atom.